The average molecular weight is 197 g/mol. The van der Waals surface area contributed by atoms with E-state index in [1.807, 2.05) is 6.92 Å². The lowest BCUT2D eigenvalue weighted by atomic mass is 10.1. The highest BCUT2D eigenvalue weighted by Gasteiger charge is 2.12. The van der Waals surface area contributed by atoms with Crippen molar-refractivity contribution in [3.8, 4) is 0 Å². The first-order chi connectivity index (χ1) is 6.77. The van der Waals surface area contributed by atoms with Gasteiger partial charge in [0.15, 0.2) is 5.82 Å². The molecule has 0 spiro atoms. The number of rotatable bonds is 6. The Morgan fingerprint density at radius 2 is 2.14 bits per heavy atom. The van der Waals surface area contributed by atoms with E-state index >= 15 is 0 Å². The second kappa shape index (κ2) is 5.75. The third kappa shape index (κ3) is 3.10. The molecule has 0 aromatic carbocycles. The normalized spacial score (nSPS) is 13.1. The smallest absolute Gasteiger partial charge is 0.226 e. The molecule has 0 bridgehead atoms. The minimum absolute atomic E-state index is 0.0643. The Morgan fingerprint density at radius 3 is 2.71 bits per heavy atom. The molecule has 4 nitrogen and oxygen atoms in total. The topological polar surface area (TPSA) is 64.9 Å². The highest BCUT2D eigenvalue weighted by Crippen LogP contribution is 2.14. The van der Waals surface area contributed by atoms with Crippen molar-refractivity contribution in [1.82, 2.24) is 10.1 Å². The fourth-order valence-electron chi connectivity index (χ4n) is 1.31. The number of aromatic nitrogens is 2. The SMILES string of the molecule is CCCCCC(N)c1noc(CC)n1. The van der Waals surface area contributed by atoms with Gasteiger partial charge in [0.05, 0.1) is 6.04 Å². The molecular weight excluding hydrogens is 178 g/mol. The van der Waals surface area contributed by atoms with Crippen molar-refractivity contribution in [2.75, 3.05) is 0 Å². The first-order valence-corrected chi connectivity index (χ1v) is 5.36. The van der Waals surface area contributed by atoms with Crippen LogP contribution >= 0.6 is 0 Å². The van der Waals surface area contributed by atoms with Crippen molar-refractivity contribution < 1.29 is 4.52 Å². The molecule has 0 saturated heterocycles. The van der Waals surface area contributed by atoms with Crippen LogP contribution in [0.15, 0.2) is 4.52 Å². The summed E-state index contributed by atoms with van der Waals surface area (Å²) in [5, 5.41) is 3.85. The van der Waals surface area contributed by atoms with E-state index in [4.69, 9.17) is 10.3 Å². The first kappa shape index (κ1) is 11.2. The minimum atomic E-state index is -0.0643. The number of unbranched alkanes of at least 4 members (excludes halogenated alkanes) is 2. The fraction of sp³-hybridized carbons (Fsp3) is 0.800. The molecule has 1 rings (SSSR count). The summed E-state index contributed by atoms with van der Waals surface area (Å²) in [7, 11) is 0. The number of nitrogens with two attached hydrogens (primary N) is 1. The maximum absolute atomic E-state index is 5.92. The molecule has 0 saturated carbocycles. The van der Waals surface area contributed by atoms with Gasteiger partial charge in [-0.25, -0.2) is 0 Å². The summed E-state index contributed by atoms with van der Waals surface area (Å²) >= 11 is 0. The van der Waals surface area contributed by atoms with E-state index in [2.05, 4.69) is 17.1 Å². The zero-order valence-corrected chi connectivity index (χ0v) is 8.99. The summed E-state index contributed by atoms with van der Waals surface area (Å²) in [5.74, 6) is 1.32. The number of aryl methyl sites for hydroxylation is 1. The predicted molar refractivity (Wildman–Crippen MR) is 54.7 cm³/mol. The molecule has 0 aliphatic rings. The van der Waals surface area contributed by atoms with Crippen LogP contribution in [0.3, 0.4) is 0 Å². The Bertz CT molecular complexity index is 260. The van der Waals surface area contributed by atoms with Crippen LogP contribution in [0, 0.1) is 0 Å². The van der Waals surface area contributed by atoms with E-state index in [-0.39, 0.29) is 6.04 Å². The van der Waals surface area contributed by atoms with Gasteiger partial charge in [0.25, 0.3) is 0 Å². The van der Waals surface area contributed by atoms with Gasteiger partial charge in [-0.05, 0) is 6.42 Å². The van der Waals surface area contributed by atoms with Crippen LogP contribution in [0.4, 0.5) is 0 Å². The van der Waals surface area contributed by atoms with Crippen LogP contribution in [0.2, 0.25) is 0 Å². The molecule has 1 unspecified atom stereocenters. The van der Waals surface area contributed by atoms with Gasteiger partial charge in [-0.1, -0.05) is 38.3 Å². The molecule has 0 aliphatic carbocycles. The maximum Gasteiger partial charge on any atom is 0.226 e. The van der Waals surface area contributed by atoms with Gasteiger partial charge in [0, 0.05) is 6.42 Å². The van der Waals surface area contributed by atoms with Crippen molar-refractivity contribution >= 4 is 0 Å². The largest absolute Gasteiger partial charge is 0.339 e. The third-order valence-electron chi connectivity index (χ3n) is 2.24. The van der Waals surface area contributed by atoms with E-state index in [1.165, 1.54) is 12.8 Å². The lowest BCUT2D eigenvalue weighted by molar-refractivity contribution is 0.371. The molecule has 1 aromatic heterocycles. The monoisotopic (exact) mass is 197 g/mol. The lowest BCUT2D eigenvalue weighted by Gasteiger charge is -2.04. The number of hydrogen-bond acceptors (Lipinski definition) is 4. The van der Waals surface area contributed by atoms with E-state index in [9.17, 15) is 0 Å². The summed E-state index contributed by atoms with van der Waals surface area (Å²) < 4.78 is 5.00. The quantitative estimate of drug-likeness (QED) is 0.710. The van der Waals surface area contributed by atoms with E-state index in [0.717, 1.165) is 19.3 Å². The summed E-state index contributed by atoms with van der Waals surface area (Å²) in [5.41, 5.74) is 5.92. The Hall–Kier alpha value is -0.900. The van der Waals surface area contributed by atoms with Crippen molar-refractivity contribution in [2.45, 2.75) is 52.0 Å². The maximum atomic E-state index is 5.92. The zero-order chi connectivity index (χ0) is 10.4. The number of nitrogens with zero attached hydrogens (tertiary/aromatic N) is 2. The van der Waals surface area contributed by atoms with Crippen LogP contribution < -0.4 is 5.73 Å². The standard InChI is InChI=1S/C10H19N3O/c1-3-5-6-7-8(11)10-12-9(4-2)14-13-10/h8H,3-7,11H2,1-2H3. The lowest BCUT2D eigenvalue weighted by Crippen LogP contribution is -2.11. The molecule has 80 valence electrons. The van der Waals surface area contributed by atoms with Crippen molar-refractivity contribution in [1.29, 1.82) is 0 Å². The van der Waals surface area contributed by atoms with E-state index in [1.54, 1.807) is 0 Å². The Morgan fingerprint density at radius 1 is 1.36 bits per heavy atom. The molecule has 4 heteroatoms. The highest BCUT2D eigenvalue weighted by atomic mass is 16.5. The molecule has 1 heterocycles. The molecule has 0 aliphatic heterocycles. The average Bonchev–Trinajstić information content (AvgIpc) is 2.66. The van der Waals surface area contributed by atoms with E-state index < -0.39 is 0 Å². The molecule has 0 fully saturated rings. The van der Waals surface area contributed by atoms with Gasteiger partial charge in [0.2, 0.25) is 5.89 Å². The van der Waals surface area contributed by atoms with Crippen LogP contribution in [0.25, 0.3) is 0 Å². The van der Waals surface area contributed by atoms with Gasteiger partial charge in [-0.15, -0.1) is 0 Å². The highest BCUT2D eigenvalue weighted by molar-refractivity contribution is 4.92. The van der Waals surface area contributed by atoms with E-state index in [0.29, 0.717) is 11.7 Å². The Kier molecular flexibility index (Phi) is 4.59. The van der Waals surface area contributed by atoms with Crippen molar-refractivity contribution in [3.05, 3.63) is 11.7 Å². The Labute approximate surface area is 84.9 Å². The van der Waals surface area contributed by atoms with Crippen LogP contribution in [-0.2, 0) is 6.42 Å². The van der Waals surface area contributed by atoms with Gasteiger partial charge in [-0.2, -0.15) is 4.98 Å². The Balaban J connectivity index is 2.39. The molecular formula is C10H19N3O. The van der Waals surface area contributed by atoms with Crippen molar-refractivity contribution in [2.24, 2.45) is 5.73 Å². The summed E-state index contributed by atoms with van der Waals surface area (Å²) in [6.45, 7) is 4.16. The molecule has 2 N–H and O–H groups in total. The molecule has 0 amide bonds. The molecule has 1 aromatic rings. The van der Waals surface area contributed by atoms with Crippen LogP contribution in [-0.4, -0.2) is 10.1 Å². The molecule has 1 atom stereocenters. The zero-order valence-electron chi connectivity index (χ0n) is 8.99. The van der Waals surface area contributed by atoms with Gasteiger partial charge >= 0.3 is 0 Å². The minimum Gasteiger partial charge on any atom is -0.339 e. The second-order valence-corrected chi connectivity index (χ2v) is 3.50. The second-order valence-electron chi connectivity index (χ2n) is 3.50. The van der Waals surface area contributed by atoms with Crippen LogP contribution in [0.1, 0.15) is 57.3 Å². The number of hydrogen-bond donors (Lipinski definition) is 1. The third-order valence-corrected chi connectivity index (χ3v) is 2.24. The van der Waals surface area contributed by atoms with Gasteiger partial charge in [-0.3, -0.25) is 0 Å². The first-order valence-electron chi connectivity index (χ1n) is 5.36. The fourth-order valence-corrected chi connectivity index (χ4v) is 1.31. The summed E-state index contributed by atoms with van der Waals surface area (Å²) in [4.78, 5) is 4.20. The summed E-state index contributed by atoms with van der Waals surface area (Å²) in [6.07, 6.45) is 5.27. The summed E-state index contributed by atoms with van der Waals surface area (Å²) in [6, 6.07) is -0.0643. The van der Waals surface area contributed by atoms with Crippen LogP contribution in [0.5, 0.6) is 0 Å². The molecule has 14 heavy (non-hydrogen) atoms. The predicted octanol–water partition coefficient (Wildman–Crippen LogP) is 2.21. The van der Waals surface area contributed by atoms with Gasteiger partial charge < -0.3 is 10.3 Å². The molecule has 0 radical (unpaired) electrons. The van der Waals surface area contributed by atoms with Gasteiger partial charge in [0.1, 0.15) is 0 Å². The van der Waals surface area contributed by atoms with Crippen molar-refractivity contribution in [3.63, 3.8) is 0 Å².